The van der Waals surface area contributed by atoms with Crippen molar-refractivity contribution in [1.82, 2.24) is 14.7 Å². The van der Waals surface area contributed by atoms with E-state index in [9.17, 15) is 18.8 Å². The molecule has 2 aromatic rings. The van der Waals surface area contributed by atoms with Crippen LogP contribution in [0.3, 0.4) is 0 Å². The summed E-state index contributed by atoms with van der Waals surface area (Å²) in [5.41, 5.74) is 0.243. The first-order valence-electron chi connectivity index (χ1n) is 9.75. The predicted octanol–water partition coefficient (Wildman–Crippen LogP) is 2.41. The van der Waals surface area contributed by atoms with Crippen molar-refractivity contribution in [2.45, 2.75) is 13.0 Å². The number of hydrogen-bond acceptors (Lipinski definition) is 4. The number of carbonyl (C=O) groups is 3. The molecule has 4 rings (SSSR count). The molecule has 0 bridgehead atoms. The largest absolute Gasteiger partial charge is 0.467 e. The minimum Gasteiger partial charge on any atom is -0.467 e. The van der Waals surface area contributed by atoms with Gasteiger partial charge >= 0.3 is 0 Å². The quantitative estimate of drug-likeness (QED) is 0.742. The van der Waals surface area contributed by atoms with Gasteiger partial charge in [-0.1, -0.05) is 11.6 Å². The maximum Gasteiger partial charge on any atom is 0.255 e. The van der Waals surface area contributed by atoms with Gasteiger partial charge < -0.3 is 19.1 Å². The van der Waals surface area contributed by atoms with Crippen LogP contribution in [-0.2, 0) is 16.1 Å². The summed E-state index contributed by atoms with van der Waals surface area (Å²) in [6.07, 6.45) is 1.74. The summed E-state index contributed by atoms with van der Waals surface area (Å²) in [6.45, 7) is 2.20. The van der Waals surface area contributed by atoms with Gasteiger partial charge in [-0.3, -0.25) is 14.4 Å². The van der Waals surface area contributed by atoms with E-state index in [2.05, 4.69) is 0 Å². The molecule has 30 heavy (non-hydrogen) atoms. The molecule has 3 heterocycles. The average Bonchev–Trinajstić information content (AvgIpc) is 3.37. The predicted molar refractivity (Wildman–Crippen MR) is 106 cm³/mol. The van der Waals surface area contributed by atoms with Crippen molar-refractivity contribution in [2.75, 3.05) is 32.7 Å². The number of furan rings is 1. The first kappa shape index (κ1) is 20.4. The van der Waals surface area contributed by atoms with E-state index in [1.807, 2.05) is 0 Å². The molecule has 1 aromatic carbocycles. The lowest BCUT2D eigenvalue weighted by molar-refractivity contribution is -0.137. The summed E-state index contributed by atoms with van der Waals surface area (Å²) in [5.74, 6) is -0.627. The van der Waals surface area contributed by atoms with Gasteiger partial charge in [0.15, 0.2) is 0 Å². The van der Waals surface area contributed by atoms with Crippen molar-refractivity contribution in [3.05, 3.63) is 58.8 Å². The molecule has 7 nitrogen and oxygen atoms in total. The molecule has 2 aliphatic heterocycles. The van der Waals surface area contributed by atoms with Gasteiger partial charge in [-0.05, 0) is 30.3 Å². The minimum atomic E-state index is -0.501. The highest BCUT2D eigenvalue weighted by atomic mass is 35.5. The highest BCUT2D eigenvalue weighted by Crippen LogP contribution is 2.24. The van der Waals surface area contributed by atoms with Gasteiger partial charge in [0.1, 0.15) is 11.6 Å². The highest BCUT2D eigenvalue weighted by Gasteiger charge is 2.38. The number of likely N-dealkylation sites (tertiary alicyclic amines) is 1. The van der Waals surface area contributed by atoms with Crippen molar-refractivity contribution >= 4 is 29.3 Å². The molecule has 1 aromatic heterocycles. The van der Waals surface area contributed by atoms with E-state index in [0.29, 0.717) is 45.0 Å². The van der Waals surface area contributed by atoms with Crippen LogP contribution >= 0.6 is 11.6 Å². The standard InChI is InChI=1S/C21H21ClFN3O4/c22-18-11-15(23)3-4-17(18)21(29)25-7-5-24(6-8-25)20(28)14-10-19(27)26(12-14)13-16-2-1-9-30-16/h1-4,9,11,14H,5-8,10,12-13H2. The summed E-state index contributed by atoms with van der Waals surface area (Å²) >= 11 is 5.99. The molecule has 0 saturated carbocycles. The van der Waals surface area contributed by atoms with Gasteiger partial charge in [-0.2, -0.15) is 0 Å². The van der Waals surface area contributed by atoms with Crippen LogP contribution in [0.1, 0.15) is 22.5 Å². The Morgan fingerprint density at radius 1 is 1.13 bits per heavy atom. The van der Waals surface area contributed by atoms with Gasteiger partial charge in [0.2, 0.25) is 11.8 Å². The Kier molecular flexibility index (Phi) is 5.76. The third-order valence-electron chi connectivity index (χ3n) is 5.53. The first-order valence-corrected chi connectivity index (χ1v) is 10.1. The van der Waals surface area contributed by atoms with E-state index in [1.165, 1.54) is 12.1 Å². The number of benzene rings is 1. The van der Waals surface area contributed by atoms with Crippen molar-refractivity contribution in [1.29, 1.82) is 0 Å². The second-order valence-electron chi connectivity index (χ2n) is 7.50. The zero-order chi connectivity index (χ0) is 21.3. The molecule has 9 heteroatoms. The molecular weight excluding hydrogens is 413 g/mol. The summed E-state index contributed by atoms with van der Waals surface area (Å²) in [4.78, 5) is 42.8. The Labute approximate surface area is 178 Å². The Hall–Kier alpha value is -2.87. The molecule has 0 aliphatic carbocycles. The van der Waals surface area contributed by atoms with Gasteiger partial charge in [-0.25, -0.2) is 4.39 Å². The highest BCUT2D eigenvalue weighted by molar-refractivity contribution is 6.33. The molecule has 2 aliphatic rings. The second-order valence-corrected chi connectivity index (χ2v) is 7.90. The third kappa shape index (κ3) is 4.18. The van der Waals surface area contributed by atoms with Crippen molar-refractivity contribution in [3.8, 4) is 0 Å². The summed E-state index contributed by atoms with van der Waals surface area (Å²) in [5, 5.41) is 0.0691. The zero-order valence-electron chi connectivity index (χ0n) is 16.2. The summed E-state index contributed by atoms with van der Waals surface area (Å²) in [6, 6.07) is 7.24. The molecule has 0 N–H and O–H groups in total. The van der Waals surface area contributed by atoms with Crippen molar-refractivity contribution < 1.29 is 23.2 Å². The van der Waals surface area contributed by atoms with Crippen LogP contribution in [-0.4, -0.2) is 65.1 Å². The smallest absolute Gasteiger partial charge is 0.255 e. The lowest BCUT2D eigenvalue weighted by atomic mass is 10.1. The fraction of sp³-hybridized carbons (Fsp3) is 0.381. The second kappa shape index (κ2) is 8.47. The van der Waals surface area contributed by atoms with Crippen LogP contribution in [0.2, 0.25) is 5.02 Å². The van der Waals surface area contributed by atoms with Crippen LogP contribution in [0.25, 0.3) is 0 Å². The topological polar surface area (TPSA) is 74.1 Å². The van der Waals surface area contributed by atoms with E-state index in [-0.39, 0.29) is 40.6 Å². The van der Waals surface area contributed by atoms with Crippen LogP contribution in [0.5, 0.6) is 0 Å². The molecular formula is C21H21ClFN3O4. The molecule has 2 fully saturated rings. The first-order chi connectivity index (χ1) is 14.4. The van der Waals surface area contributed by atoms with E-state index < -0.39 is 5.82 Å². The maximum absolute atomic E-state index is 13.2. The Morgan fingerprint density at radius 3 is 2.53 bits per heavy atom. The number of nitrogens with zero attached hydrogens (tertiary/aromatic N) is 3. The SMILES string of the molecule is O=C1CC(C(=O)N2CCN(C(=O)c3ccc(F)cc3Cl)CC2)CN1Cc1ccco1. The van der Waals surface area contributed by atoms with Crippen LogP contribution < -0.4 is 0 Å². The summed E-state index contributed by atoms with van der Waals surface area (Å²) in [7, 11) is 0. The molecule has 0 spiro atoms. The molecule has 3 amide bonds. The monoisotopic (exact) mass is 433 g/mol. The zero-order valence-corrected chi connectivity index (χ0v) is 17.0. The number of carbonyl (C=O) groups excluding carboxylic acids is 3. The van der Waals surface area contributed by atoms with Crippen LogP contribution in [0, 0.1) is 11.7 Å². The fourth-order valence-electron chi connectivity index (χ4n) is 3.90. The number of hydrogen-bond donors (Lipinski definition) is 0. The van der Waals surface area contributed by atoms with Crippen LogP contribution in [0.15, 0.2) is 41.0 Å². The van der Waals surface area contributed by atoms with E-state index in [1.54, 1.807) is 33.1 Å². The Balaban J connectivity index is 1.32. The van der Waals surface area contributed by atoms with Crippen molar-refractivity contribution in [2.24, 2.45) is 5.92 Å². The fourth-order valence-corrected chi connectivity index (χ4v) is 4.15. The normalized spacial score (nSPS) is 19.5. The van der Waals surface area contributed by atoms with Crippen molar-refractivity contribution in [3.63, 3.8) is 0 Å². The number of halogens is 2. The molecule has 0 radical (unpaired) electrons. The van der Waals surface area contributed by atoms with E-state index in [4.69, 9.17) is 16.0 Å². The lowest BCUT2D eigenvalue weighted by Crippen LogP contribution is -2.52. The Bertz CT molecular complexity index is 957. The lowest BCUT2D eigenvalue weighted by Gasteiger charge is -2.36. The van der Waals surface area contributed by atoms with Gasteiger partial charge in [0, 0.05) is 39.1 Å². The molecule has 2 saturated heterocycles. The minimum absolute atomic E-state index is 0.0653. The van der Waals surface area contributed by atoms with Gasteiger partial charge in [-0.15, -0.1) is 0 Å². The summed E-state index contributed by atoms with van der Waals surface area (Å²) < 4.78 is 18.5. The number of amides is 3. The average molecular weight is 434 g/mol. The maximum atomic E-state index is 13.2. The molecule has 158 valence electrons. The van der Waals surface area contributed by atoms with Gasteiger partial charge in [0.25, 0.3) is 5.91 Å². The third-order valence-corrected chi connectivity index (χ3v) is 5.84. The molecule has 1 unspecified atom stereocenters. The van der Waals surface area contributed by atoms with Crippen LogP contribution in [0.4, 0.5) is 4.39 Å². The van der Waals surface area contributed by atoms with Gasteiger partial charge in [0.05, 0.1) is 29.3 Å². The van der Waals surface area contributed by atoms with E-state index in [0.717, 1.165) is 6.07 Å². The number of piperazine rings is 1. The van der Waals surface area contributed by atoms with E-state index >= 15 is 0 Å². The molecule has 1 atom stereocenters. The number of rotatable bonds is 4. The Morgan fingerprint density at radius 2 is 1.87 bits per heavy atom.